The van der Waals surface area contributed by atoms with Gasteiger partial charge in [0.15, 0.2) is 5.82 Å². The van der Waals surface area contributed by atoms with E-state index in [1.54, 1.807) is 0 Å². The Morgan fingerprint density at radius 2 is 0.587 bits per heavy atom. The molecule has 0 saturated carbocycles. The van der Waals surface area contributed by atoms with Crippen LogP contribution in [0.4, 0.5) is 0 Å². The first-order chi connectivity index (χ1) is 31.3. The van der Waals surface area contributed by atoms with E-state index in [1.165, 1.54) is 32.3 Å². The van der Waals surface area contributed by atoms with E-state index in [0.717, 1.165) is 78.2 Å². The Balaban J connectivity index is 1.28. The minimum Gasteiger partial charge on any atom is -0.307 e. The molecule has 63 heavy (non-hydrogen) atoms. The first kappa shape index (κ1) is 35.2. The van der Waals surface area contributed by atoms with Gasteiger partial charge in [-0.05, 0) is 54.6 Å². The van der Waals surface area contributed by atoms with Gasteiger partial charge in [-0.2, -0.15) is 0 Å². The molecular formula is C58H37N5. The minimum atomic E-state index is 0.642. The van der Waals surface area contributed by atoms with Crippen molar-refractivity contribution in [2.45, 2.75) is 0 Å². The molecule has 0 amide bonds. The largest absolute Gasteiger partial charge is 0.307 e. The highest BCUT2D eigenvalue weighted by molar-refractivity contribution is 6.14. The number of aromatic nitrogens is 5. The van der Waals surface area contributed by atoms with Crippen molar-refractivity contribution < 1.29 is 0 Å². The Kier molecular flexibility index (Phi) is 7.84. The van der Waals surface area contributed by atoms with Crippen molar-refractivity contribution >= 4 is 65.4 Å². The summed E-state index contributed by atoms with van der Waals surface area (Å²) in [6.45, 7) is 0. The van der Waals surface area contributed by atoms with E-state index in [0.29, 0.717) is 5.82 Å². The van der Waals surface area contributed by atoms with Gasteiger partial charge in [0.25, 0.3) is 0 Å². The summed E-state index contributed by atoms with van der Waals surface area (Å²) < 4.78 is 7.42. The van der Waals surface area contributed by atoms with Crippen LogP contribution in [0.1, 0.15) is 0 Å². The lowest BCUT2D eigenvalue weighted by Gasteiger charge is -2.24. The fourth-order valence-corrected chi connectivity index (χ4v) is 9.97. The van der Waals surface area contributed by atoms with E-state index >= 15 is 0 Å². The number of hydrogen-bond donors (Lipinski definition) is 0. The lowest BCUT2D eigenvalue weighted by molar-refractivity contribution is 1.04. The van der Waals surface area contributed by atoms with Gasteiger partial charge in [-0.1, -0.05) is 170 Å². The van der Waals surface area contributed by atoms with Crippen molar-refractivity contribution in [1.82, 2.24) is 23.7 Å². The Hall–Kier alpha value is -8.54. The molecule has 0 aliphatic rings. The Morgan fingerprint density at radius 1 is 0.270 bits per heavy atom. The second-order valence-electron chi connectivity index (χ2n) is 16.1. The molecule has 0 N–H and O–H groups in total. The molecule has 294 valence electrons. The quantitative estimate of drug-likeness (QED) is 0.168. The smallest absolute Gasteiger partial charge is 0.162 e. The SMILES string of the molecule is c1ccc(-c2cc(-c3ccccc3)nc(-c3ccc(-n4c5ccccc5c5ccccc54)c(-n4c5ccccc5c5ccccc54)c3-n3c4ccccc4c4ccccc43)n2)cc1. The summed E-state index contributed by atoms with van der Waals surface area (Å²) in [5.74, 6) is 0.642. The highest BCUT2D eigenvalue weighted by atomic mass is 15.1. The minimum absolute atomic E-state index is 0.642. The lowest BCUT2D eigenvalue weighted by atomic mass is 10.0. The van der Waals surface area contributed by atoms with Crippen LogP contribution in [-0.4, -0.2) is 23.7 Å². The van der Waals surface area contributed by atoms with Gasteiger partial charge < -0.3 is 13.7 Å². The number of hydrogen-bond acceptors (Lipinski definition) is 2. The maximum Gasteiger partial charge on any atom is 0.162 e. The van der Waals surface area contributed by atoms with Crippen molar-refractivity contribution in [3.63, 3.8) is 0 Å². The highest BCUT2D eigenvalue weighted by Crippen LogP contribution is 2.46. The van der Waals surface area contributed by atoms with Crippen molar-refractivity contribution in [3.05, 3.63) is 224 Å². The van der Waals surface area contributed by atoms with Crippen LogP contribution in [0.25, 0.3) is 116 Å². The highest BCUT2D eigenvalue weighted by Gasteiger charge is 2.28. The van der Waals surface area contributed by atoms with Gasteiger partial charge in [0.05, 0.1) is 61.6 Å². The zero-order valence-corrected chi connectivity index (χ0v) is 34.1. The van der Waals surface area contributed by atoms with Crippen LogP contribution >= 0.6 is 0 Å². The predicted octanol–water partition coefficient (Wildman–Crippen LogP) is 14.8. The lowest BCUT2D eigenvalue weighted by Crippen LogP contribution is -2.11. The Labute approximate surface area is 363 Å². The molecule has 5 heteroatoms. The van der Waals surface area contributed by atoms with E-state index in [9.17, 15) is 0 Å². The molecule has 0 atom stereocenters. The number of fused-ring (bicyclic) bond motifs is 9. The third kappa shape index (κ3) is 5.36. The summed E-state index contributed by atoms with van der Waals surface area (Å²) in [5, 5.41) is 7.14. The molecule has 13 rings (SSSR count). The van der Waals surface area contributed by atoms with Crippen molar-refractivity contribution in [3.8, 4) is 51.0 Å². The molecule has 0 bridgehead atoms. The second kappa shape index (κ2) is 14.0. The molecule has 5 nitrogen and oxygen atoms in total. The molecule has 13 aromatic rings. The second-order valence-corrected chi connectivity index (χ2v) is 16.1. The number of nitrogens with zero attached hydrogens (tertiary/aromatic N) is 5. The van der Waals surface area contributed by atoms with E-state index in [-0.39, 0.29) is 0 Å². The Bertz CT molecular complexity index is 3690. The third-order valence-corrected chi connectivity index (χ3v) is 12.7. The molecule has 4 heterocycles. The van der Waals surface area contributed by atoms with Crippen LogP contribution in [0, 0.1) is 0 Å². The number of rotatable bonds is 6. The summed E-state index contributed by atoms with van der Waals surface area (Å²) in [6.07, 6.45) is 0. The maximum atomic E-state index is 5.53. The van der Waals surface area contributed by atoms with E-state index in [1.807, 2.05) is 0 Å². The van der Waals surface area contributed by atoms with E-state index in [2.05, 4.69) is 238 Å². The van der Waals surface area contributed by atoms with Crippen LogP contribution in [0.2, 0.25) is 0 Å². The average molecular weight is 804 g/mol. The molecule has 0 spiro atoms. The number of benzene rings is 9. The molecule has 0 fully saturated rings. The fraction of sp³-hybridized carbons (Fsp3) is 0. The molecule has 0 aliphatic carbocycles. The third-order valence-electron chi connectivity index (χ3n) is 12.7. The molecule has 9 aromatic carbocycles. The van der Waals surface area contributed by atoms with Gasteiger partial charge in [0, 0.05) is 49.0 Å². The van der Waals surface area contributed by atoms with Crippen LogP contribution < -0.4 is 0 Å². The molecule has 0 radical (unpaired) electrons. The molecular weight excluding hydrogens is 767 g/mol. The van der Waals surface area contributed by atoms with Crippen LogP contribution in [0.5, 0.6) is 0 Å². The van der Waals surface area contributed by atoms with Gasteiger partial charge in [-0.15, -0.1) is 0 Å². The summed E-state index contributed by atoms with van der Waals surface area (Å²) >= 11 is 0. The van der Waals surface area contributed by atoms with Crippen LogP contribution in [0.3, 0.4) is 0 Å². The average Bonchev–Trinajstić information content (AvgIpc) is 4.00. The zero-order valence-electron chi connectivity index (χ0n) is 34.1. The van der Waals surface area contributed by atoms with Crippen LogP contribution in [-0.2, 0) is 0 Å². The number of para-hydroxylation sites is 6. The molecule has 4 aromatic heterocycles. The van der Waals surface area contributed by atoms with Crippen LogP contribution in [0.15, 0.2) is 224 Å². The standard InChI is InChI=1S/C58H37N5/c1-3-19-38(20-4-1)47-37-48(39-21-5-2-6-22-39)60-58(59-47)46-35-36-55(61-49-29-13-7-23-40(49)41-24-8-14-30-50(41)61)57(63-53-33-17-11-27-44(53)45-28-12-18-34-54(45)63)56(46)62-51-31-15-9-25-42(51)43-26-10-16-32-52(43)62/h1-37H. The summed E-state index contributed by atoms with van der Waals surface area (Å²) in [4.78, 5) is 11.1. The van der Waals surface area contributed by atoms with Crippen molar-refractivity contribution in [2.24, 2.45) is 0 Å². The Morgan fingerprint density at radius 3 is 0.968 bits per heavy atom. The van der Waals surface area contributed by atoms with Gasteiger partial charge in [0.1, 0.15) is 0 Å². The van der Waals surface area contributed by atoms with Crippen molar-refractivity contribution in [1.29, 1.82) is 0 Å². The fourth-order valence-electron chi connectivity index (χ4n) is 9.97. The molecule has 0 aliphatic heterocycles. The summed E-state index contributed by atoms with van der Waals surface area (Å²) in [7, 11) is 0. The predicted molar refractivity (Wildman–Crippen MR) is 261 cm³/mol. The summed E-state index contributed by atoms with van der Waals surface area (Å²) in [6, 6.07) is 80.3. The molecule has 0 saturated heterocycles. The summed E-state index contributed by atoms with van der Waals surface area (Å²) in [5.41, 5.74) is 14.4. The maximum absolute atomic E-state index is 5.53. The van der Waals surface area contributed by atoms with Gasteiger partial charge in [-0.3, -0.25) is 0 Å². The normalized spacial score (nSPS) is 11.8. The van der Waals surface area contributed by atoms with E-state index in [4.69, 9.17) is 9.97 Å². The zero-order chi connectivity index (χ0) is 41.4. The van der Waals surface area contributed by atoms with Crippen molar-refractivity contribution in [2.75, 3.05) is 0 Å². The monoisotopic (exact) mass is 803 g/mol. The van der Waals surface area contributed by atoms with E-state index < -0.39 is 0 Å². The van der Waals surface area contributed by atoms with Gasteiger partial charge in [0.2, 0.25) is 0 Å². The first-order valence-corrected chi connectivity index (χ1v) is 21.4. The van der Waals surface area contributed by atoms with Gasteiger partial charge >= 0.3 is 0 Å². The topological polar surface area (TPSA) is 40.6 Å². The van der Waals surface area contributed by atoms with Gasteiger partial charge in [-0.25, -0.2) is 9.97 Å². The molecule has 0 unspecified atom stereocenters. The first-order valence-electron chi connectivity index (χ1n) is 21.4.